The summed E-state index contributed by atoms with van der Waals surface area (Å²) < 4.78 is 0. The Balaban J connectivity index is 0.000000127. The molecule has 1 heterocycles. The van der Waals surface area contributed by atoms with Gasteiger partial charge in [-0.25, -0.2) is 0 Å². The molecule has 2 rings (SSSR count). The van der Waals surface area contributed by atoms with Crippen LogP contribution in [0.5, 0.6) is 0 Å². The molecule has 1 aromatic rings. The summed E-state index contributed by atoms with van der Waals surface area (Å²) in [5.41, 5.74) is 0. The first kappa shape index (κ1) is 9.11. The van der Waals surface area contributed by atoms with Crippen molar-refractivity contribution in [3.63, 3.8) is 0 Å². The summed E-state index contributed by atoms with van der Waals surface area (Å²) in [6.07, 6.45) is 15.2. The van der Waals surface area contributed by atoms with Gasteiger partial charge in [-0.3, -0.25) is 0 Å². The topological polar surface area (TPSA) is 15.8 Å². The minimum Gasteiger partial charge on any atom is -0.368 e. The molecular weight excluding hydrogens is 146 g/mol. The molecule has 0 aliphatic heterocycles. The lowest BCUT2D eigenvalue weighted by molar-refractivity contribution is 0.718. The molecule has 0 saturated carbocycles. The van der Waals surface area contributed by atoms with Crippen LogP contribution in [0.3, 0.4) is 0 Å². The van der Waals surface area contributed by atoms with E-state index in [-0.39, 0.29) is 0 Å². The van der Waals surface area contributed by atoms with Gasteiger partial charge in [-0.05, 0) is 37.8 Å². The first-order valence-corrected chi connectivity index (χ1v) is 4.73. The van der Waals surface area contributed by atoms with Crippen molar-refractivity contribution in [1.29, 1.82) is 0 Å². The quantitative estimate of drug-likeness (QED) is 0.563. The highest BCUT2D eigenvalue weighted by atomic mass is 14.6. The summed E-state index contributed by atoms with van der Waals surface area (Å²) >= 11 is 0. The molecule has 0 aromatic carbocycles. The van der Waals surface area contributed by atoms with Crippen LogP contribution in [0.15, 0.2) is 36.7 Å². The van der Waals surface area contributed by atoms with E-state index in [2.05, 4.69) is 17.1 Å². The molecule has 1 N–H and O–H groups in total. The van der Waals surface area contributed by atoms with E-state index in [9.17, 15) is 0 Å². The average Bonchev–Trinajstić information content (AvgIpc) is 2.54. The lowest BCUT2D eigenvalue weighted by atomic mass is 10.2. The second-order valence-electron chi connectivity index (χ2n) is 2.99. The largest absolute Gasteiger partial charge is 0.368 e. The molecule has 1 nitrogen and oxygen atoms in total. The Morgan fingerprint density at radius 2 is 1.33 bits per heavy atom. The molecular formula is C11H17N. The van der Waals surface area contributed by atoms with E-state index in [1.807, 2.05) is 24.5 Å². The average molecular weight is 163 g/mol. The predicted molar refractivity (Wildman–Crippen MR) is 53.0 cm³/mol. The lowest BCUT2D eigenvalue weighted by Gasteiger charge is -1.86. The Labute approximate surface area is 74.5 Å². The molecule has 66 valence electrons. The number of hydrogen-bond donors (Lipinski definition) is 1. The van der Waals surface area contributed by atoms with Gasteiger partial charge < -0.3 is 4.98 Å². The molecule has 1 heteroatoms. The van der Waals surface area contributed by atoms with Gasteiger partial charge in [0.05, 0.1) is 0 Å². The highest BCUT2D eigenvalue weighted by Crippen LogP contribution is 2.08. The summed E-state index contributed by atoms with van der Waals surface area (Å²) in [5, 5.41) is 0. The van der Waals surface area contributed by atoms with Gasteiger partial charge in [0.15, 0.2) is 0 Å². The van der Waals surface area contributed by atoms with Crippen LogP contribution in [0.4, 0.5) is 0 Å². The highest BCUT2D eigenvalue weighted by Gasteiger charge is 1.88. The van der Waals surface area contributed by atoms with Crippen molar-refractivity contribution in [2.75, 3.05) is 0 Å². The van der Waals surface area contributed by atoms with Crippen molar-refractivity contribution in [1.82, 2.24) is 4.98 Å². The van der Waals surface area contributed by atoms with Crippen LogP contribution >= 0.6 is 0 Å². The third-order valence-electron chi connectivity index (χ3n) is 1.90. The summed E-state index contributed by atoms with van der Waals surface area (Å²) in [7, 11) is 0. The maximum absolute atomic E-state index is 2.86. The van der Waals surface area contributed by atoms with Crippen LogP contribution in [0, 0.1) is 0 Å². The number of allylic oxidation sites excluding steroid dienone is 2. The molecule has 0 spiro atoms. The number of aromatic amines is 1. The zero-order chi connectivity index (χ0) is 8.49. The fourth-order valence-electron chi connectivity index (χ4n) is 1.21. The molecule has 0 radical (unpaired) electrons. The first-order chi connectivity index (χ1) is 6.00. The molecule has 1 aliphatic rings. The van der Waals surface area contributed by atoms with Gasteiger partial charge in [-0.2, -0.15) is 0 Å². The fourth-order valence-corrected chi connectivity index (χ4v) is 1.21. The minimum atomic E-state index is 1.32. The molecule has 0 unspecified atom stereocenters. The predicted octanol–water partition coefficient (Wildman–Crippen LogP) is 3.52. The van der Waals surface area contributed by atoms with E-state index < -0.39 is 0 Å². The second-order valence-corrected chi connectivity index (χ2v) is 2.99. The van der Waals surface area contributed by atoms with Crippen molar-refractivity contribution < 1.29 is 0 Å². The summed E-state index contributed by atoms with van der Waals surface area (Å²) in [5.74, 6) is 0. The van der Waals surface area contributed by atoms with Crippen molar-refractivity contribution >= 4 is 0 Å². The van der Waals surface area contributed by atoms with Crippen LogP contribution in [-0.2, 0) is 0 Å². The van der Waals surface area contributed by atoms with Crippen molar-refractivity contribution in [2.45, 2.75) is 32.1 Å². The molecule has 0 fully saturated rings. The molecule has 0 saturated heterocycles. The molecule has 0 bridgehead atoms. The van der Waals surface area contributed by atoms with Crippen LogP contribution in [0.2, 0.25) is 0 Å². The molecule has 0 atom stereocenters. The van der Waals surface area contributed by atoms with Gasteiger partial charge in [0.2, 0.25) is 0 Å². The van der Waals surface area contributed by atoms with Crippen LogP contribution in [0.1, 0.15) is 32.1 Å². The third-order valence-corrected chi connectivity index (χ3v) is 1.90. The number of nitrogens with one attached hydrogen (secondary N) is 1. The number of hydrogen-bond acceptors (Lipinski definition) is 0. The van der Waals surface area contributed by atoms with Crippen molar-refractivity contribution in [2.24, 2.45) is 0 Å². The van der Waals surface area contributed by atoms with E-state index in [1.165, 1.54) is 32.1 Å². The summed E-state index contributed by atoms with van der Waals surface area (Å²) in [6.45, 7) is 0. The number of aromatic nitrogens is 1. The Hall–Kier alpha value is -0.980. The Bertz CT molecular complexity index is 162. The van der Waals surface area contributed by atoms with Crippen LogP contribution < -0.4 is 0 Å². The van der Waals surface area contributed by atoms with Crippen LogP contribution in [0.25, 0.3) is 0 Å². The fraction of sp³-hybridized carbons (Fsp3) is 0.455. The van der Waals surface area contributed by atoms with Crippen molar-refractivity contribution in [3.05, 3.63) is 36.7 Å². The molecule has 1 aliphatic carbocycles. The summed E-state index contributed by atoms with van der Waals surface area (Å²) in [4.78, 5) is 2.86. The Morgan fingerprint density at radius 1 is 0.750 bits per heavy atom. The van der Waals surface area contributed by atoms with Crippen molar-refractivity contribution in [3.8, 4) is 0 Å². The maximum Gasteiger partial charge on any atom is 0.000496 e. The third kappa shape index (κ3) is 4.78. The van der Waals surface area contributed by atoms with E-state index >= 15 is 0 Å². The van der Waals surface area contributed by atoms with Gasteiger partial charge >= 0.3 is 0 Å². The zero-order valence-electron chi connectivity index (χ0n) is 7.50. The minimum absolute atomic E-state index is 1.32. The highest BCUT2D eigenvalue weighted by molar-refractivity contribution is 4.85. The standard InChI is InChI=1S/C7H12.C4H5N/c1-2-4-6-7-5-3-1;1-2-4-5-3-1/h1-2H,3-7H2;1-5H. The monoisotopic (exact) mass is 163 g/mol. The van der Waals surface area contributed by atoms with Gasteiger partial charge in [0.25, 0.3) is 0 Å². The maximum atomic E-state index is 2.86. The second kappa shape index (κ2) is 6.71. The smallest absolute Gasteiger partial charge is 0.000496 e. The van der Waals surface area contributed by atoms with E-state index in [0.717, 1.165) is 0 Å². The van der Waals surface area contributed by atoms with E-state index in [0.29, 0.717) is 0 Å². The normalized spacial score (nSPS) is 16.0. The summed E-state index contributed by atoms with van der Waals surface area (Å²) in [6, 6.07) is 3.89. The van der Waals surface area contributed by atoms with E-state index in [1.54, 1.807) is 0 Å². The zero-order valence-corrected chi connectivity index (χ0v) is 7.50. The Kier molecular flexibility index (Phi) is 5.10. The van der Waals surface area contributed by atoms with Gasteiger partial charge in [0.1, 0.15) is 0 Å². The molecule has 1 aromatic heterocycles. The van der Waals surface area contributed by atoms with E-state index in [4.69, 9.17) is 0 Å². The number of rotatable bonds is 0. The molecule has 12 heavy (non-hydrogen) atoms. The van der Waals surface area contributed by atoms with Crippen LogP contribution in [-0.4, -0.2) is 4.98 Å². The lowest BCUT2D eigenvalue weighted by Crippen LogP contribution is -1.67. The number of H-pyrrole nitrogens is 1. The van der Waals surface area contributed by atoms with Gasteiger partial charge in [0, 0.05) is 12.4 Å². The SMILES string of the molecule is C1=CCCCCC1.c1cc[nH]c1. The Morgan fingerprint density at radius 3 is 1.75 bits per heavy atom. The van der Waals surface area contributed by atoms with Gasteiger partial charge in [-0.1, -0.05) is 18.6 Å². The first-order valence-electron chi connectivity index (χ1n) is 4.73. The molecule has 0 amide bonds. The van der Waals surface area contributed by atoms with Gasteiger partial charge in [-0.15, -0.1) is 0 Å².